The molecule has 1 saturated heterocycles. The summed E-state index contributed by atoms with van der Waals surface area (Å²) in [5.74, 6) is 1.68. The molecule has 1 aliphatic rings. The number of methoxy groups -OCH3 is 1. The Hall–Kier alpha value is -2.04. The van der Waals surface area contributed by atoms with Crippen LogP contribution in [-0.4, -0.2) is 49.1 Å². The number of pyridine rings is 1. The Morgan fingerprint density at radius 2 is 2.17 bits per heavy atom. The molecule has 5 heteroatoms. The van der Waals surface area contributed by atoms with E-state index in [1.807, 2.05) is 12.1 Å². The molecule has 0 spiro atoms. The van der Waals surface area contributed by atoms with Crippen LogP contribution in [0.3, 0.4) is 0 Å². The van der Waals surface area contributed by atoms with E-state index in [1.165, 1.54) is 6.08 Å². The predicted octanol–water partition coefficient (Wildman–Crippen LogP) is 0.925. The van der Waals surface area contributed by atoms with Gasteiger partial charge < -0.3 is 14.5 Å². The Morgan fingerprint density at radius 3 is 2.78 bits per heavy atom. The number of piperazine rings is 1. The Kier molecular flexibility index (Phi) is 3.82. The maximum absolute atomic E-state index is 11.5. The van der Waals surface area contributed by atoms with Gasteiger partial charge in [-0.25, -0.2) is 4.98 Å². The van der Waals surface area contributed by atoms with Crippen molar-refractivity contribution in [1.29, 1.82) is 0 Å². The van der Waals surface area contributed by atoms with Gasteiger partial charge >= 0.3 is 0 Å². The third kappa shape index (κ3) is 2.61. The number of anilines is 1. The second-order valence-corrected chi connectivity index (χ2v) is 4.07. The first-order valence-corrected chi connectivity index (χ1v) is 5.91. The second kappa shape index (κ2) is 5.53. The molecule has 2 heterocycles. The van der Waals surface area contributed by atoms with Crippen molar-refractivity contribution in [1.82, 2.24) is 9.88 Å². The van der Waals surface area contributed by atoms with Crippen molar-refractivity contribution in [2.24, 2.45) is 0 Å². The molecule has 1 fully saturated rings. The summed E-state index contributed by atoms with van der Waals surface area (Å²) in [5.41, 5.74) is 0. The van der Waals surface area contributed by atoms with Gasteiger partial charge in [0.2, 0.25) is 5.91 Å². The number of carbonyl (C=O) groups excluding carboxylic acids is 1. The van der Waals surface area contributed by atoms with Crippen LogP contribution in [0.15, 0.2) is 31.0 Å². The topological polar surface area (TPSA) is 45.7 Å². The lowest BCUT2D eigenvalue weighted by molar-refractivity contribution is -0.126. The molecule has 0 aliphatic carbocycles. The summed E-state index contributed by atoms with van der Waals surface area (Å²) in [7, 11) is 1.64. The van der Waals surface area contributed by atoms with E-state index in [2.05, 4.69) is 16.5 Å². The zero-order valence-corrected chi connectivity index (χ0v) is 10.5. The molecular weight excluding hydrogens is 230 g/mol. The highest BCUT2D eigenvalue weighted by Gasteiger charge is 2.20. The highest BCUT2D eigenvalue weighted by Crippen LogP contribution is 2.19. The summed E-state index contributed by atoms with van der Waals surface area (Å²) in [6.07, 6.45) is 3.09. The lowest BCUT2D eigenvalue weighted by Gasteiger charge is -2.34. The van der Waals surface area contributed by atoms with Crippen LogP contribution < -0.4 is 9.64 Å². The summed E-state index contributed by atoms with van der Waals surface area (Å²) in [6.45, 7) is 6.45. The van der Waals surface area contributed by atoms with Gasteiger partial charge in [-0.2, -0.15) is 0 Å². The van der Waals surface area contributed by atoms with Gasteiger partial charge in [-0.15, -0.1) is 0 Å². The lowest BCUT2D eigenvalue weighted by atomic mass is 10.3. The Labute approximate surface area is 107 Å². The summed E-state index contributed by atoms with van der Waals surface area (Å²) < 4.78 is 5.18. The molecule has 5 nitrogen and oxygen atoms in total. The number of hydrogen-bond acceptors (Lipinski definition) is 4. The molecule has 0 atom stereocenters. The van der Waals surface area contributed by atoms with E-state index in [-0.39, 0.29) is 5.91 Å². The van der Waals surface area contributed by atoms with E-state index in [4.69, 9.17) is 4.74 Å². The van der Waals surface area contributed by atoms with Crippen molar-refractivity contribution in [3.05, 3.63) is 31.0 Å². The third-order valence-electron chi connectivity index (χ3n) is 3.04. The maximum atomic E-state index is 11.5. The molecule has 1 aromatic heterocycles. The first-order valence-electron chi connectivity index (χ1n) is 5.91. The molecular formula is C13H17N3O2. The van der Waals surface area contributed by atoms with Gasteiger partial charge in [0.25, 0.3) is 0 Å². The lowest BCUT2D eigenvalue weighted by Crippen LogP contribution is -2.48. The van der Waals surface area contributed by atoms with Gasteiger partial charge in [0, 0.05) is 38.4 Å². The monoisotopic (exact) mass is 247 g/mol. The minimum absolute atomic E-state index is 0.00625. The summed E-state index contributed by atoms with van der Waals surface area (Å²) >= 11 is 0. The Bertz CT molecular complexity index is 440. The molecule has 2 rings (SSSR count). The highest BCUT2D eigenvalue weighted by atomic mass is 16.5. The van der Waals surface area contributed by atoms with Crippen LogP contribution in [0.25, 0.3) is 0 Å². The van der Waals surface area contributed by atoms with Crippen molar-refractivity contribution < 1.29 is 9.53 Å². The molecule has 0 N–H and O–H groups in total. The van der Waals surface area contributed by atoms with Crippen LogP contribution >= 0.6 is 0 Å². The predicted molar refractivity (Wildman–Crippen MR) is 69.8 cm³/mol. The molecule has 96 valence electrons. The summed E-state index contributed by atoms with van der Waals surface area (Å²) in [5, 5.41) is 0. The smallest absolute Gasteiger partial charge is 0.246 e. The molecule has 1 aliphatic heterocycles. The van der Waals surface area contributed by atoms with Crippen LogP contribution in [0.1, 0.15) is 0 Å². The van der Waals surface area contributed by atoms with Crippen molar-refractivity contribution in [3.8, 4) is 5.75 Å². The zero-order chi connectivity index (χ0) is 13.0. The molecule has 0 unspecified atom stereocenters. The molecule has 0 bridgehead atoms. The normalized spacial score (nSPS) is 15.4. The number of nitrogens with zero attached hydrogens (tertiary/aromatic N) is 3. The molecule has 0 radical (unpaired) electrons. The quantitative estimate of drug-likeness (QED) is 0.745. The van der Waals surface area contributed by atoms with Gasteiger partial charge in [-0.3, -0.25) is 4.79 Å². The zero-order valence-electron chi connectivity index (χ0n) is 10.5. The van der Waals surface area contributed by atoms with Crippen LogP contribution in [-0.2, 0) is 4.79 Å². The fourth-order valence-corrected chi connectivity index (χ4v) is 1.98. The van der Waals surface area contributed by atoms with E-state index in [1.54, 1.807) is 18.2 Å². The van der Waals surface area contributed by atoms with Gasteiger partial charge in [0.15, 0.2) is 0 Å². The number of aromatic nitrogens is 1. The number of ether oxygens (including phenoxy) is 1. The minimum atomic E-state index is -0.00625. The van der Waals surface area contributed by atoms with Gasteiger partial charge in [0.05, 0.1) is 7.11 Å². The van der Waals surface area contributed by atoms with Crippen molar-refractivity contribution in [2.75, 3.05) is 38.2 Å². The molecule has 1 aromatic rings. The van der Waals surface area contributed by atoms with Crippen LogP contribution in [0, 0.1) is 0 Å². The van der Waals surface area contributed by atoms with E-state index in [0.717, 1.165) is 24.7 Å². The van der Waals surface area contributed by atoms with Crippen LogP contribution in [0.2, 0.25) is 0 Å². The van der Waals surface area contributed by atoms with E-state index in [0.29, 0.717) is 13.1 Å². The number of carbonyl (C=O) groups is 1. The second-order valence-electron chi connectivity index (χ2n) is 4.07. The fourth-order valence-electron chi connectivity index (χ4n) is 1.98. The van der Waals surface area contributed by atoms with Crippen molar-refractivity contribution in [2.45, 2.75) is 0 Å². The Balaban J connectivity index is 2.00. The van der Waals surface area contributed by atoms with Crippen molar-refractivity contribution in [3.63, 3.8) is 0 Å². The standard InChI is InChI=1S/C13H17N3O2/c1-3-13(17)16-8-6-15(7-9-16)12-10-11(18-2)4-5-14-12/h3-5,10H,1,6-9H2,2H3. The van der Waals surface area contributed by atoms with E-state index >= 15 is 0 Å². The fraction of sp³-hybridized carbons (Fsp3) is 0.385. The third-order valence-corrected chi connectivity index (χ3v) is 3.04. The molecule has 18 heavy (non-hydrogen) atoms. The number of rotatable bonds is 3. The maximum Gasteiger partial charge on any atom is 0.246 e. The average molecular weight is 247 g/mol. The highest BCUT2D eigenvalue weighted by molar-refractivity contribution is 5.87. The van der Waals surface area contributed by atoms with Crippen LogP contribution in [0.5, 0.6) is 5.75 Å². The van der Waals surface area contributed by atoms with Gasteiger partial charge in [-0.1, -0.05) is 6.58 Å². The summed E-state index contributed by atoms with van der Waals surface area (Å²) in [4.78, 5) is 19.7. The van der Waals surface area contributed by atoms with Crippen molar-refractivity contribution >= 4 is 11.7 Å². The first kappa shape index (κ1) is 12.4. The molecule has 0 saturated carbocycles. The first-order chi connectivity index (χ1) is 8.74. The molecule has 1 amide bonds. The van der Waals surface area contributed by atoms with E-state index < -0.39 is 0 Å². The summed E-state index contributed by atoms with van der Waals surface area (Å²) in [6, 6.07) is 3.73. The average Bonchev–Trinajstić information content (AvgIpc) is 2.46. The number of amides is 1. The van der Waals surface area contributed by atoms with Gasteiger partial charge in [-0.05, 0) is 12.1 Å². The largest absolute Gasteiger partial charge is 0.497 e. The van der Waals surface area contributed by atoms with E-state index in [9.17, 15) is 4.79 Å². The Morgan fingerprint density at radius 1 is 1.44 bits per heavy atom. The minimum Gasteiger partial charge on any atom is -0.497 e. The number of hydrogen-bond donors (Lipinski definition) is 0. The molecule has 0 aromatic carbocycles. The van der Waals surface area contributed by atoms with Crippen LogP contribution in [0.4, 0.5) is 5.82 Å². The van der Waals surface area contributed by atoms with Gasteiger partial charge in [0.1, 0.15) is 11.6 Å². The SMILES string of the molecule is C=CC(=O)N1CCN(c2cc(OC)ccn2)CC1.